The summed E-state index contributed by atoms with van der Waals surface area (Å²) in [6.45, 7) is 2.52. The zero-order valence-electron chi connectivity index (χ0n) is 7.46. The fraction of sp³-hybridized carbons (Fsp3) is 0.333. The average Bonchev–Trinajstić information content (AvgIpc) is 2.16. The Morgan fingerprint density at radius 3 is 2.62 bits per heavy atom. The lowest BCUT2D eigenvalue weighted by Crippen LogP contribution is -2.36. The molecule has 0 amide bonds. The zero-order valence-corrected chi connectivity index (χ0v) is 9.04. The quantitative estimate of drug-likeness (QED) is 0.626. The summed E-state index contributed by atoms with van der Waals surface area (Å²) in [5.74, 6) is 6.07. The number of ether oxygens (including phenoxy) is 1. The molecule has 1 aromatic carbocycles. The molecule has 1 aromatic rings. The van der Waals surface area contributed by atoms with E-state index < -0.39 is 0 Å². The van der Waals surface area contributed by atoms with Gasteiger partial charge in [0.25, 0.3) is 0 Å². The van der Waals surface area contributed by atoms with Crippen molar-refractivity contribution in [2.75, 3.05) is 6.61 Å². The molecule has 1 unspecified atom stereocenters. The van der Waals surface area contributed by atoms with Crippen LogP contribution in [0.3, 0.4) is 0 Å². The summed E-state index contributed by atoms with van der Waals surface area (Å²) in [5, 5.41) is 0. The molecule has 3 N–H and O–H groups in total. The Balaban J connectivity index is 2.41. The second-order valence-electron chi connectivity index (χ2n) is 2.83. The molecule has 0 aliphatic carbocycles. The number of nitrogens with one attached hydrogen (secondary N) is 1. The molecule has 0 radical (unpaired) electrons. The van der Waals surface area contributed by atoms with Crippen molar-refractivity contribution >= 4 is 15.9 Å². The minimum Gasteiger partial charge on any atom is -0.492 e. The van der Waals surface area contributed by atoms with Gasteiger partial charge in [-0.15, -0.1) is 0 Å². The summed E-state index contributed by atoms with van der Waals surface area (Å²) < 4.78 is 6.50. The maximum absolute atomic E-state index is 5.45. The lowest BCUT2D eigenvalue weighted by Gasteiger charge is -2.11. The van der Waals surface area contributed by atoms with Crippen molar-refractivity contribution in [2.45, 2.75) is 13.0 Å². The van der Waals surface area contributed by atoms with Gasteiger partial charge in [0.1, 0.15) is 12.4 Å². The van der Waals surface area contributed by atoms with Gasteiger partial charge in [-0.3, -0.25) is 11.3 Å². The monoisotopic (exact) mass is 244 g/mol. The molecule has 0 saturated carbocycles. The van der Waals surface area contributed by atoms with Crippen molar-refractivity contribution in [3.05, 3.63) is 28.7 Å². The van der Waals surface area contributed by atoms with Crippen LogP contribution in [0.2, 0.25) is 0 Å². The van der Waals surface area contributed by atoms with Crippen molar-refractivity contribution in [1.29, 1.82) is 0 Å². The Morgan fingerprint density at radius 2 is 2.08 bits per heavy atom. The Labute approximate surface area is 86.4 Å². The van der Waals surface area contributed by atoms with E-state index in [4.69, 9.17) is 10.6 Å². The maximum Gasteiger partial charge on any atom is 0.119 e. The smallest absolute Gasteiger partial charge is 0.119 e. The van der Waals surface area contributed by atoms with E-state index in [0.717, 1.165) is 10.2 Å². The molecule has 3 nitrogen and oxygen atoms in total. The van der Waals surface area contributed by atoms with Crippen molar-refractivity contribution in [3.63, 3.8) is 0 Å². The molecule has 4 heteroatoms. The van der Waals surface area contributed by atoms with Crippen LogP contribution in [0.15, 0.2) is 28.7 Å². The van der Waals surface area contributed by atoms with Crippen molar-refractivity contribution in [1.82, 2.24) is 5.43 Å². The molecule has 13 heavy (non-hydrogen) atoms. The summed E-state index contributed by atoms with van der Waals surface area (Å²) in [7, 11) is 0. The molecule has 0 saturated heterocycles. The van der Waals surface area contributed by atoms with Crippen molar-refractivity contribution in [2.24, 2.45) is 5.84 Å². The third kappa shape index (κ3) is 3.76. The number of hydrogen-bond acceptors (Lipinski definition) is 3. The predicted octanol–water partition coefficient (Wildman–Crippen LogP) is 1.68. The largest absolute Gasteiger partial charge is 0.492 e. The van der Waals surface area contributed by atoms with Crippen molar-refractivity contribution < 1.29 is 4.74 Å². The highest BCUT2D eigenvalue weighted by Crippen LogP contribution is 2.15. The molecule has 0 aromatic heterocycles. The Morgan fingerprint density at radius 1 is 1.46 bits per heavy atom. The number of hydrazine groups is 1. The fourth-order valence-corrected chi connectivity index (χ4v) is 1.06. The van der Waals surface area contributed by atoms with Gasteiger partial charge in [-0.2, -0.15) is 0 Å². The highest BCUT2D eigenvalue weighted by molar-refractivity contribution is 9.10. The third-order valence-electron chi connectivity index (χ3n) is 1.60. The number of nitrogens with two attached hydrogens (primary N) is 1. The van der Waals surface area contributed by atoms with Crippen molar-refractivity contribution in [3.8, 4) is 5.75 Å². The van der Waals surface area contributed by atoms with Crippen LogP contribution < -0.4 is 16.0 Å². The lowest BCUT2D eigenvalue weighted by atomic mass is 10.3. The van der Waals surface area contributed by atoms with Gasteiger partial charge in [0.2, 0.25) is 0 Å². The highest BCUT2D eigenvalue weighted by atomic mass is 79.9. The standard InChI is InChI=1S/C9H13BrN2O/c1-7(12-11)6-13-9-4-2-8(10)3-5-9/h2-5,7,12H,6,11H2,1H3. The Hall–Kier alpha value is -0.580. The molecule has 1 atom stereocenters. The van der Waals surface area contributed by atoms with Gasteiger partial charge in [-0.25, -0.2) is 0 Å². The molecule has 0 spiro atoms. The number of benzene rings is 1. The van der Waals surface area contributed by atoms with E-state index in [1.54, 1.807) is 0 Å². The fourth-order valence-electron chi connectivity index (χ4n) is 0.800. The number of rotatable bonds is 4. The van der Waals surface area contributed by atoms with Crippen LogP contribution in [0.25, 0.3) is 0 Å². The van der Waals surface area contributed by atoms with Gasteiger partial charge < -0.3 is 4.74 Å². The van der Waals surface area contributed by atoms with Crippen LogP contribution in [0.1, 0.15) is 6.92 Å². The normalized spacial score (nSPS) is 12.5. The van der Waals surface area contributed by atoms with Gasteiger partial charge in [0, 0.05) is 4.47 Å². The van der Waals surface area contributed by atoms with E-state index in [9.17, 15) is 0 Å². The first-order valence-corrected chi connectivity index (χ1v) is 4.86. The second-order valence-corrected chi connectivity index (χ2v) is 3.75. The summed E-state index contributed by atoms with van der Waals surface area (Å²) in [5.41, 5.74) is 2.61. The molecule has 0 aliphatic heterocycles. The Kier molecular flexibility index (Phi) is 4.21. The van der Waals surface area contributed by atoms with E-state index in [1.165, 1.54) is 0 Å². The summed E-state index contributed by atoms with van der Waals surface area (Å²) in [4.78, 5) is 0. The van der Waals surface area contributed by atoms with Gasteiger partial charge in [0.15, 0.2) is 0 Å². The molecule has 0 fully saturated rings. The van der Waals surface area contributed by atoms with Gasteiger partial charge >= 0.3 is 0 Å². The maximum atomic E-state index is 5.45. The number of halogens is 1. The lowest BCUT2D eigenvalue weighted by molar-refractivity contribution is 0.274. The average molecular weight is 245 g/mol. The number of hydrogen-bond donors (Lipinski definition) is 2. The van der Waals surface area contributed by atoms with Crippen LogP contribution in [0, 0.1) is 0 Å². The molecular formula is C9H13BrN2O. The summed E-state index contributed by atoms with van der Waals surface area (Å²) in [6, 6.07) is 7.86. The first-order valence-electron chi connectivity index (χ1n) is 4.07. The van der Waals surface area contributed by atoms with E-state index in [-0.39, 0.29) is 6.04 Å². The molecule has 72 valence electrons. The first-order chi connectivity index (χ1) is 6.22. The third-order valence-corrected chi connectivity index (χ3v) is 2.13. The predicted molar refractivity (Wildman–Crippen MR) is 56.4 cm³/mol. The SMILES string of the molecule is CC(COc1ccc(Br)cc1)NN. The van der Waals surface area contributed by atoms with E-state index in [1.807, 2.05) is 31.2 Å². The van der Waals surface area contributed by atoms with Crippen LogP contribution in [-0.4, -0.2) is 12.6 Å². The molecular weight excluding hydrogens is 232 g/mol. The Bertz CT molecular complexity index is 250. The highest BCUT2D eigenvalue weighted by Gasteiger charge is 1.99. The second kappa shape index (κ2) is 5.21. The van der Waals surface area contributed by atoms with E-state index >= 15 is 0 Å². The zero-order chi connectivity index (χ0) is 9.68. The van der Waals surface area contributed by atoms with Gasteiger partial charge in [-0.05, 0) is 31.2 Å². The molecule has 0 bridgehead atoms. The molecule has 1 rings (SSSR count). The summed E-state index contributed by atoms with van der Waals surface area (Å²) in [6.07, 6.45) is 0. The van der Waals surface area contributed by atoms with Crippen LogP contribution in [-0.2, 0) is 0 Å². The molecule has 0 aliphatic rings. The first kappa shape index (κ1) is 10.5. The van der Waals surface area contributed by atoms with Crippen LogP contribution in [0.4, 0.5) is 0 Å². The van der Waals surface area contributed by atoms with E-state index in [0.29, 0.717) is 6.61 Å². The molecule has 0 heterocycles. The minimum absolute atomic E-state index is 0.156. The summed E-state index contributed by atoms with van der Waals surface area (Å²) >= 11 is 3.35. The topological polar surface area (TPSA) is 47.3 Å². The van der Waals surface area contributed by atoms with E-state index in [2.05, 4.69) is 21.4 Å². The van der Waals surface area contributed by atoms with Gasteiger partial charge in [0.05, 0.1) is 6.04 Å². The van der Waals surface area contributed by atoms with Crippen LogP contribution >= 0.6 is 15.9 Å². The van der Waals surface area contributed by atoms with Gasteiger partial charge in [-0.1, -0.05) is 15.9 Å². The van der Waals surface area contributed by atoms with Crippen LogP contribution in [0.5, 0.6) is 5.75 Å². The minimum atomic E-state index is 0.156.